The molecule has 6 nitrogen and oxygen atoms in total. The van der Waals surface area contributed by atoms with Gasteiger partial charge in [0.15, 0.2) is 0 Å². The summed E-state index contributed by atoms with van der Waals surface area (Å²) in [6, 6.07) is 19.8. The van der Waals surface area contributed by atoms with E-state index >= 15 is 4.39 Å². The predicted octanol–water partition coefficient (Wildman–Crippen LogP) is 7.92. The number of benzene rings is 3. The molecule has 2 N–H and O–H groups in total. The molecule has 6 rings (SSSR count). The molecule has 2 aliphatic heterocycles. The van der Waals surface area contributed by atoms with E-state index in [1.807, 2.05) is 12.1 Å². The summed E-state index contributed by atoms with van der Waals surface area (Å²) in [5, 5.41) is 7.49. The van der Waals surface area contributed by atoms with E-state index < -0.39 is 5.82 Å². The number of anilines is 2. The second-order valence-corrected chi connectivity index (χ2v) is 11.1. The van der Waals surface area contributed by atoms with E-state index in [0.29, 0.717) is 51.6 Å². The first-order valence-corrected chi connectivity index (χ1v) is 13.9. The number of aliphatic imine (C=N–C) groups is 1. The first kappa shape index (κ1) is 28.7. The summed E-state index contributed by atoms with van der Waals surface area (Å²) in [4.78, 5) is 14.3. The highest BCUT2D eigenvalue weighted by Crippen LogP contribution is 2.36. The Balaban J connectivity index is 0.00000337. The lowest BCUT2D eigenvalue weighted by Gasteiger charge is -2.33. The van der Waals surface area contributed by atoms with Gasteiger partial charge in [0.1, 0.15) is 11.6 Å². The van der Waals surface area contributed by atoms with Crippen molar-refractivity contribution in [2.45, 2.75) is 58.7 Å². The SMILES string of the molecule is C.COc1cccc(F)c1C1=NCc2cnc(Nc3ccc(C4CC(C)NC(C)C4)cc3)nc2-c2ccc(Cl)cc21. The van der Waals surface area contributed by atoms with Gasteiger partial charge in [0, 0.05) is 45.7 Å². The van der Waals surface area contributed by atoms with Crippen LogP contribution in [-0.4, -0.2) is 34.9 Å². The second-order valence-electron chi connectivity index (χ2n) is 10.6. The Hall–Kier alpha value is -3.81. The smallest absolute Gasteiger partial charge is 0.227 e. The third-order valence-corrected chi connectivity index (χ3v) is 7.91. The van der Waals surface area contributed by atoms with Crippen molar-refractivity contribution in [1.29, 1.82) is 0 Å². The summed E-state index contributed by atoms with van der Waals surface area (Å²) < 4.78 is 20.6. The lowest BCUT2D eigenvalue weighted by atomic mass is 9.84. The van der Waals surface area contributed by atoms with Gasteiger partial charge in [-0.1, -0.05) is 43.3 Å². The minimum Gasteiger partial charge on any atom is -0.496 e. The van der Waals surface area contributed by atoms with Gasteiger partial charge in [-0.15, -0.1) is 0 Å². The quantitative estimate of drug-likeness (QED) is 0.254. The molecule has 212 valence electrons. The molecule has 2 unspecified atom stereocenters. The number of halogens is 2. The molecule has 1 fully saturated rings. The minimum absolute atomic E-state index is 0. The molecule has 3 aromatic carbocycles. The van der Waals surface area contributed by atoms with Crippen LogP contribution in [0.1, 0.15) is 62.3 Å². The lowest BCUT2D eigenvalue weighted by molar-refractivity contribution is 0.317. The van der Waals surface area contributed by atoms with Crippen molar-refractivity contribution in [3.63, 3.8) is 0 Å². The van der Waals surface area contributed by atoms with Crippen molar-refractivity contribution in [2.24, 2.45) is 4.99 Å². The first-order valence-electron chi connectivity index (χ1n) is 13.6. The number of nitrogens with one attached hydrogen (secondary N) is 2. The van der Waals surface area contributed by atoms with Gasteiger partial charge in [-0.05, 0) is 74.6 Å². The Bertz CT molecular complexity index is 1580. The van der Waals surface area contributed by atoms with Gasteiger partial charge in [-0.2, -0.15) is 0 Å². The van der Waals surface area contributed by atoms with Crippen LogP contribution >= 0.6 is 11.6 Å². The number of rotatable bonds is 5. The van der Waals surface area contributed by atoms with Crippen LogP contribution in [0.15, 0.2) is 71.9 Å². The Morgan fingerprint density at radius 3 is 2.49 bits per heavy atom. The topological polar surface area (TPSA) is 71.4 Å². The molecule has 8 heteroatoms. The largest absolute Gasteiger partial charge is 0.496 e. The number of methoxy groups -OCH3 is 1. The van der Waals surface area contributed by atoms with E-state index in [1.54, 1.807) is 24.4 Å². The maximum atomic E-state index is 15.1. The maximum Gasteiger partial charge on any atom is 0.227 e. The molecule has 1 saturated heterocycles. The molecular formula is C33H35ClFN5O. The summed E-state index contributed by atoms with van der Waals surface area (Å²) >= 11 is 6.42. The Labute approximate surface area is 246 Å². The van der Waals surface area contributed by atoms with E-state index in [-0.39, 0.29) is 14.0 Å². The molecule has 0 saturated carbocycles. The summed E-state index contributed by atoms with van der Waals surface area (Å²) in [6.07, 6.45) is 4.05. The summed E-state index contributed by atoms with van der Waals surface area (Å²) in [7, 11) is 1.52. The standard InChI is InChI=1S/C32H31ClFN5O.CH4/c1-18-13-21(14-19(2)37-18)20-7-10-24(11-8-20)38-32-36-17-22-16-35-31(29-27(34)5-4-6-28(29)40-3)26-15-23(33)9-12-25(26)30(22)39-32;/h4-12,15,17-19,21,37H,13-14,16H2,1-3H3,(H,36,38,39);1H4. The molecule has 2 aliphatic rings. The van der Waals surface area contributed by atoms with E-state index in [2.05, 4.69) is 53.7 Å². The summed E-state index contributed by atoms with van der Waals surface area (Å²) in [5.74, 6) is 1.01. The summed E-state index contributed by atoms with van der Waals surface area (Å²) in [5.41, 5.74) is 6.09. The van der Waals surface area contributed by atoms with Crippen LogP contribution < -0.4 is 15.4 Å². The highest BCUT2D eigenvalue weighted by molar-refractivity contribution is 6.31. The third-order valence-electron chi connectivity index (χ3n) is 7.68. The molecule has 2 atom stereocenters. The zero-order valence-electron chi connectivity index (χ0n) is 22.7. The van der Waals surface area contributed by atoms with Gasteiger partial charge in [0.25, 0.3) is 0 Å². The fraction of sp³-hybridized carbons (Fsp3) is 0.303. The van der Waals surface area contributed by atoms with Crippen molar-refractivity contribution in [3.05, 3.63) is 100.0 Å². The van der Waals surface area contributed by atoms with E-state index in [1.165, 1.54) is 18.7 Å². The number of aromatic nitrogens is 2. The van der Waals surface area contributed by atoms with Crippen LogP contribution in [-0.2, 0) is 6.54 Å². The van der Waals surface area contributed by atoms with Gasteiger partial charge in [0.2, 0.25) is 5.95 Å². The summed E-state index contributed by atoms with van der Waals surface area (Å²) in [6.45, 7) is 4.79. The first-order chi connectivity index (χ1) is 19.4. The van der Waals surface area contributed by atoms with Gasteiger partial charge in [-0.3, -0.25) is 4.99 Å². The van der Waals surface area contributed by atoms with Gasteiger partial charge < -0.3 is 15.4 Å². The van der Waals surface area contributed by atoms with Crippen LogP contribution in [0.2, 0.25) is 5.02 Å². The fourth-order valence-electron chi connectivity index (χ4n) is 5.91. The average Bonchev–Trinajstić information content (AvgIpc) is 3.09. The maximum absolute atomic E-state index is 15.1. The minimum atomic E-state index is -0.416. The zero-order chi connectivity index (χ0) is 27.8. The molecule has 0 radical (unpaired) electrons. The van der Waals surface area contributed by atoms with E-state index in [9.17, 15) is 0 Å². The van der Waals surface area contributed by atoms with Crippen molar-refractivity contribution in [1.82, 2.24) is 15.3 Å². The van der Waals surface area contributed by atoms with E-state index in [0.717, 1.165) is 35.3 Å². The zero-order valence-corrected chi connectivity index (χ0v) is 23.5. The molecule has 4 aromatic rings. The number of fused-ring (bicyclic) bond motifs is 3. The number of hydrogen-bond donors (Lipinski definition) is 2. The lowest BCUT2D eigenvalue weighted by Crippen LogP contribution is -2.41. The Morgan fingerprint density at radius 1 is 1.00 bits per heavy atom. The molecule has 0 spiro atoms. The average molecular weight is 572 g/mol. The number of nitrogens with zero attached hydrogens (tertiary/aromatic N) is 3. The number of piperidine rings is 1. The molecule has 41 heavy (non-hydrogen) atoms. The molecule has 1 aromatic heterocycles. The van der Waals surface area contributed by atoms with Crippen LogP contribution in [0.3, 0.4) is 0 Å². The van der Waals surface area contributed by atoms with Crippen LogP contribution in [0.5, 0.6) is 5.75 Å². The van der Waals surface area contributed by atoms with Gasteiger partial charge >= 0.3 is 0 Å². The predicted molar refractivity (Wildman–Crippen MR) is 165 cm³/mol. The van der Waals surface area contributed by atoms with Crippen molar-refractivity contribution in [3.8, 4) is 17.0 Å². The Morgan fingerprint density at radius 2 is 1.76 bits per heavy atom. The normalized spacial score (nSPS) is 19.6. The van der Waals surface area contributed by atoms with Crippen LogP contribution in [0.4, 0.5) is 16.0 Å². The monoisotopic (exact) mass is 571 g/mol. The highest BCUT2D eigenvalue weighted by Gasteiger charge is 2.26. The highest BCUT2D eigenvalue weighted by atomic mass is 35.5. The molecule has 3 heterocycles. The molecule has 0 aliphatic carbocycles. The number of ether oxygens (including phenoxy) is 1. The molecular weight excluding hydrogens is 537 g/mol. The van der Waals surface area contributed by atoms with Crippen LogP contribution in [0.25, 0.3) is 11.3 Å². The van der Waals surface area contributed by atoms with Crippen LogP contribution in [0, 0.1) is 5.82 Å². The molecule has 0 amide bonds. The van der Waals surface area contributed by atoms with Crippen molar-refractivity contribution < 1.29 is 9.13 Å². The third kappa shape index (κ3) is 5.83. The van der Waals surface area contributed by atoms with Crippen molar-refractivity contribution >= 4 is 28.9 Å². The molecule has 0 bridgehead atoms. The fourth-order valence-corrected chi connectivity index (χ4v) is 6.09. The van der Waals surface area contributed by atoms with Crippen molar-refractivity contribution in [2.75, 3.05) is 12.4 Å². The second kappa shape index (κ2) is 12.0. The number of hydrogen-bond acceptors (Lipinski definition) is 6. The van der Waals surface area contributed by atoms with E-state index in [4.69, 9.17) is 26.3 Å². The van der Waals surface area contributed by atoms with Gasteiger partial charge in [-0.25, -0.2) is 14.4 Å². The Kier molecular flexibility index (Phi) is 8.38. The van der Waals surface area contributed by atoms with Gasteiger partial charge in [0.05, 0.1) is 30.6 Å².